The number of nitrogens with one attached hydrogen (secondary N) is 1. The van der Waals surface area contributed by atoms with Crippen molar-refractivity contribution in [3.05, 3.63) is 62.6 Å². The molecule has 18 heavy (non-hydrogen) atoms. The molecule has 0 aromatic heterocycles. The molecule has 4 nitrogen and oxygen atoms in total. The molecule has 1 N–H and O–H groups in total. The topological polar surface area (TPSA) is 55.2 Å². The van der Waals surface area contributed by atoms with E-state index in [0.717, 1.165) is 0 Å². The maximum absolute atomic E-state index is 10.9. The van der Waals surface area contributed by atoms with Crippen molar-refractivity contribution in [2.75, 3.05) is 5.32 Å². The van der Waals surface area contributed by atoms with Gasteiger partial charge in [0.1, 0.15) is 5.69 Å². The first-order valence-corrected chi connectivity index (χ1v) is 5.79. The summed E-state index contributed by atoms with van der Waals surface area (Å²) in [6.45, 7) is 0. The van der Waals surface area contributed by atoms with Crippen molar-refractivity contribution in [1.29, 1.82) is 0 Å². The monoisotopic (exact) mass is 282 g/mol. The van der Waals surface area contributed by atoms with Crippen molar-refractivity contribution >= 4 is 40.3 Å². The fourth-order valence-corrected chi connectivity index (χ4v) is 1.93. The molecule has 2 aromatic rings. The van der Waals surface area contributed by atoms with Gasteiger partial charge in [-0.25, -0.2) is 0 Å². The number of nitro groups is 1. The van der Waals surface area contributed by atoms with E-state index in [4.69, 9.17) is 23.2 Å². The second-order valence-electron chi connectivity index (χ2n) is 3.52. The molecular formula is C12H8Cl2N2O2. The molecule has 0 fully saturated rings. The van der Waals surface area contributed by atoms with Crippen LogP contribution >= 0.6 is 23.2 Å². The van der Waals surface area contributed by atoms with E-state index >= 15 is 0 Å². The van der Waals surface area contributed by atoms with Crippen LogP contribution in [-0.2, 0) is 0 Å². The number of nitrogens with zero attached hydrogens (tertiary/aromatic N) is 1. The van der Waals surface area contributed by atoms with E-state index in [1.54, 1.807) is 36.4 Å². The van der Waals surface area contributed by atoms with E-state index < -0.39 is 4.92 Å². The summed E-state index contributed by atoms with van der Waals surface area (Å²) in [5.41, 5.74) is 0.936. The van der Waals surface area contributed by atoms with Crippen molar-refractivity contribution in [3.8, 4) is 0 Å². The average molecular weight is 283 g/mol. The molecule has 0 radical (unpaired) electrons. The minimum absolute atomic E-state index is 0.0106. The first-order chi connectivity index (χ1) is 8.58. The molecule has 0 amide bonds. The van der Waals surface area contributed by atoms with E-state index in [9.17, 15) is 10.1 Å². The van der Waals surface area contributed by atoms with Gasteiger partial charge >= 0.3 is 0 Å². The van der Waals surface area contributed by atoms with Crippen LogP contribution in [0.4, 0.5) is 17.1 Å². The van der Waals surface area contributed by atoms with Gasteiger partial charge in [-0.05, 0) is 24.3 Å². The quantitative estimate of drug-likeness (QED) is 0.659. The lowest BCUT2D eigenvalue weighted by Crippen LogP contribution is -1.97. The molecule has 0 bridgehead atoms. The Kier molecular flexibility index (Phi) is 3.69. The van der Waals surface area contributed by atoms with E-state index in [-0.39, 0.29) is 5.69 Å². The van der Waals surface area contributed by atoms with Gasteiger partial charge in [-0.15, -0.1) is 0 Å². The molecule has 2 aromatic carbocycles. The highest BCUT2D eigenvalue weighted by molar-refractivity contribution is 6.36. The van der Waals surface area contributed by atoms with Crippen molar-refractivity contribution in [2.45, 2.75) is 0 Å². The van der Waals surface area contributed by atoms with Crippen molar-refractivity contribution in [3.63, 3.8) is 0 Å². The summed E-state index contributed by atoms with van der Waals surface area (Å²) < 4.78 is 0. The van der Waals surface area contributed by atoms with E-state index in [1.165, 1.54) is 6.07 Å². The predicted molar refractivity (Wildman–Crippen MR) is 72.8 cm³/mol. The van der Waals surface area contributed by atoms with Crippen LogP contribution in [0.2, 0.25) is 10.0 Å². The van der Waals surface area contributed by atoms with Crippen LogP contribution in [-0.4, -0.2) is 4.92 Å². The highest BCUT2D eigenvalue weighted by Gasteiger charge is 2.13. The van der Waals surface area contributed by atoms with Gasteiger partial charge in [-0.3, -0.25) is 10.1 Å². The lowest BCUT2D eigenvalue weighted by Gasteiger charge is -2.08. The molecule has 0 aliphatic carbocycles. The summed E-state index contributed by atoms with van der Waals surface area (Å²) in [6, 6.07) is 11.2. The van der Waals surface area contributed by atoms with Gasteiger partial charge in [-0.2, -0.15) is 0 Å². The number of hydrogen-bond acceptors (Lipinski definition) is 3. The Morgan fingerprint density at radius 2 is 1.78 bits per heavy atom. The number of halogens is 2. The van der Waals surface area contributed by atoms with Gasteiger partial charge in [0, 0.05) is 11.1 Å². The lowest BCUT2D eigenvalue weighted by atomic mass is 10.2. The molecule has 0 heterocycles. The van der Waals surface area contributed by atoms with Crippen LogP contribution in [0.25, 0.3) is 0 Å². The average Bonchev–Trinajstić information content (AvgIpc) is 2.33. The molecule has 0 saturated carbocycles. The smallest absolute Gasteiger partial charge is 0.292 e. The Morgan fingerprint density at radius 1 is 1.06 bits per heavy atom. The summed E-state index contributed by atoms with van der Waals surface area (Å²) in [4.78, 5) is 10.4. The number of rotatable bonds is 3. The van der Waals surface area contributed by atoms with Crippen molar-refractivity contribution < 1.29 is 4.92 Å². The molecule has 92 valence electrons. The predicted octanol–water partition coefficient (Wildman–Crippen LogP) is 4.65. The number of nitro benzene ring substituents is 1. The summed E-state index contributed by atoms with van der Waals surface area (Å²) in [6.07, 6.45) is 0. The molecule has 2 rings (SSSR count). The lowest BCUT2D eigenvalue weighted by molar-refractivity contribution is -0.383. The second kappa shape index (κ2) is 5.25. The summed E-state index contributed by atoms with van der Waals surface area (Å²) in [5, 5.41) is 14.7. The van der Waals surface area contributed by atoms with Gasteiger partial charge in [0.25, 0.3) is 5.69 Å². The number of benzene rings is 2. The maximum atomic E-state index is 10.9. The zero-order valence-corrected chi connectivity index (χ0v) is 10.6. The first-order valence-electron chi connectivity index (χ1n) is 5.03. The third kappa shape index (κ3) is 2.72. The minimum Gasteiger partial charge on any atom is -0.349 e. The van der Waals surface area contributed by atoms with Gasteiger partial charge in [-0.1, -0.05) is 35.3 Å². The molecule has 0 aliphatic heterocycles. The fourth-order valence-electron chi connectivity index (χ4n) is 1.47. The Hall–Kier alpha value is -1.78. The van der Waals surface area contributed by atoms with Gasteiger partial charge in [0.15, 0.2) is 0 Å². The molecule has 0 unspecified atom stereocenters. The molecule has 6 heteroatoms. The SMILES string of the molecule is O=[N+]([O-])c1ccccc1Nc1ccc(Cl)cc1Cl. The van der Waals surface area contributed by atoms with Crippen LogP contribution < -0.4 is 5.32 Å². The molecule has 0 spiro atoms. The second-order valence-corrected chi connectivity index (χ2v) is 4.37. The number of para-hydroxylation sites is 2. The Bertz CT molecular complexity index is 602. The molecule has 0 aliphatic rings. The highest BCUT2D eigenvalue weighted by Crippen LogP contribution is 2.32. The summed E-state index contributed by atoms with van der Waals surface area (Å²) in [5.74, 6) is 0. The minimum atomic E-state index is -0.452. The maximum Gasteiger partial charge on any atom is 0.292 e. The molecule has 0 saturated heterocycles. The normalized spacial score (nSPS) is 10.1. The largest absolute Gasteiger partial charge is 0.349 e. The zero-order valence-electron chi connectivity index (χ0n) is 9.06. The number of anilines is 2. The first kappa shape index (κ1) is 12.7. The van der Waals surface area contributed by atoms with Gasteiger partial charge in [0.05, 0.1) is 15.6 Å². The number of hydrogen-bond donors (Lipinski definition) is 1. The Balaban J connectivity index is 2.37. The van der Waals surface area contributed by atoms with Crippen LogP contribution in [0.1, 0.15) is 0 Å². The Morgan fingerprint density at radius 3 is 2.44 bits per heavy atom. The van der Waals surface area contributed by atoms with Crippen molar-refractivity contribution in [1.82, 2.24) is 0 Å². The van der Waals surface area contributed by atoms with Crippen LogP contribution in [0.15, 0.2) is 42.5 Å². The van der Waals surface area contributed by atoms with Gasteiger partial charge in [0.2, 0.25) is 0 Å². The highest BCUT2D eigenvalue weighted by atomic mass is 35.5. The van der Waals surface area contributed by atoms with Crippen LogP contribution in [0.5, 0.6) is 0 Å². The standard InChI is InChI=1S/C12H8Cl2N2O2/c13-8-5-6-10(9(14)7-8)15-11-3-1-2-4-12(11)16(17)18/h1-7,15H. The molecule has 0 atom stereocenters. The van der Waals surface area contributed by atoms with Crippen LogP contribution in [0.3, 0.4) is 0 Å². The van der Waals surface area contributed by atoms with E-state index in [1.807, 2.05) is 0 Å². The fraction of sp³-hybridized carbons (Fsp3) is 0. The molecular weight excluding hydrogens is 275 g/mol. The van der Waals surface area contributed by atoms with E-state index in [2.05, 4.69) is 5.32 Å². The van der Waals surface area contributed by atoms with E-state index in [0.29, 0.717) is 21.4 Å². The zero-order chi connectivity index (χ0) is 13.1. The summed E-state index contributed by atoms with van der Waals surface area (Å²) >= 11 is 11.8. The van der Waals surface area contributed by atoms with Gasteiger partial charge < -0.3 is 5.32 Å². The Labute approximate surface area is 113 Å². The third-order valence-electron chi connectivity index (χ3n) is 2.30. The third-order valence-corrected chi connectivity index (χ3v) is 2.85. The van der Waals surface area contributed by atoms with Crippen LogP contribution in [0, 0.1) is 10.1 Å². The summed E-state index contributed by atoms with van der Waals surface area (Å²) in [7, 11) is 0. The van der Waals surface area contributed by atoms with Crippen molar-refractivity contribution in [2.24, 2.45) is 0 Å².